The molecule has 0 aliphatic carbocycles. The number of rotatable bonds is 5. The number of unbranched alkanes of at least 4 members (excludes halogenated alkanes) is 2. The number of anilines is 2. The number of likely N-dealkylation sites (N-methyl/N-ethyl adjacent to an activating group) is 1. The first-order chi connectivity index (χ1) is 9.06. The van der Waals surface area contributed by atoms with Crippen LogP contribution in [-0.2, 0) is 4.79 Å². The lowest BCUT2D eigenvalue weighted by molar-refractivity contribution is -0.114. The summed E-state index contributed by atoms with van der Waals surface area (Å²) in [6.45, 7) is 3.17. The summed E-state index contributed by atoms with van der Waals surface area (Å²) in [6, 6.07) is 5.59. The summed E-state index contributed by atoms with van der Waals surface area (Å²) in [5, 5.41) is 0. The van der Waals surface area contributed by atoms with E-state index in [1.165, 1.54) is 17.7 Å². The molecule has 0 saturated heterocycles. The van der Waals surface area contributed by atoms with Gasteiger partial charge in [0.1, 0.15) is 0 Å². The Morgan fingerprint density at radius 2 is 1.95 bits per heavy atom. The normalized spacial score (nSPS) is 13.9. The fraction of sp³-hybridized carbons (Fsp3) is 0.467. The van der Waals surface area contributed by atoms with Crippen LogP contribution in [0.3, 0.4) is 0 Å². The van der Waals surface area contributed by atoms with Crippen molar-refractivity contribution in [2.45, 2.75) is 26.2 Å². The third kappa shape index (κ3) is 2.48. The van der Waals surface area contributed by atoms with Crippen molar-refractivity contribution in [3.63, 3.8) is 0 Å². The zero-order valence-electron chi connectivity index (χ0n) is 11.8. The molecule has 102 valence electrons. The molecule has 1 aromatic rings. The smallest absolute Gasteiger partial charge is 0.299 e. The van der Waals surface area contributed by atoms with Gasteiger partial charge in [-0.05, 0) is 24.6 Å². The molecule has 0 N–H and O–H groups in total. The van der Waals surface area contributed by atoms with Crippen LogP contribution >= 0.6 is 0 Å². The average molecular weight is 260 g/mol. The van der Waals surface area contributed by atoms with Gasteiger partial charge >= 0.3 is 0 Å². The molecule has 0 fully saturated rings. The Balaban J connectivity index is 2.18. The number of fused-ring (bicyclic) bond motifs is 1. The fourth-order valence-electron chi connectivity index (χ4n) is 2.33. The van der Waals surface area contributed by atoms with Crippen molar-refractivity contribution in [1.82, 2.24) is 0 Å². The minimum atomic E-state index is -0.444. The molecule has 1 heterocycles. The maximum absolute atomic E-state index is 11.7. The molecule has 4 heteroatoms. The van der Waals surface area contributed by atoms with Gasteiger partial charge in [-0.3, -0.25) is 9.59 Å². The van der Waals surface area contributed by atoms with Crippen molar-refractivity contribution >= 4 is 23.1 Å². The summed E-state index contributed by atoms with van der Waals surface area (Å²) >= 11 is 0. The number of nitrogens with zero attached hydrogens (tertiary/aromatic N) is 2. The third-order valence-corrected chi connectivity index (χ3v) is 3.62. The summed E-state index contributed by atoms with van der Waals surface area (Å²) in [4.78, 5) is 26.9. The van der Waals surface area contributed by atoms with E-state index in [0.717, 1.165) is 24.3 Å². The van der Waals surface area contributed by atoms with Crippen LogP contribution < -0.4 is 9.80 Å². The summed E-state index contributed by atoms with van der Waals surface area (Å²) in [5.74, 6) is -0.849. The first kappa shape index (κ1) is 13.6. The average Bonchev–Trinajstić information content (AvgIpc) is 2.64. The number of hydrogen-bond donors (Lipinski definition) is 0. The molecule has 0 spiro atoms. The van der Waals surface area contributed by atoms with Crippen molar-refractivity contribution in [2.24, 2.45) is 0 Å². The molecule has 19 heavy (non-hydrogen) atoms. The van der Waals surface area contributed by atoms with E-state index < -0.39 is 11.7 Å². The van der Waals surface area contributed by atoms with Gasteiger partial charge in [0.05, 0.1) is 11.3 Å². The second kappa shape index (κ2) is 5.43. The van der Waals surface area contributed by atoms with E-state index in [9.17, 15) is 9.59 Å². The number of carbonyl (C=O) groups is 2. The molecule has 1 amide bonds. The van der Waals surface area contributed by atoms with Crippen LogP contribution in [0.4, 0.5) is 11.4 Å². The highest BCUT2D eigenvalue weighted by Crippen LogP contribution is 2.31. The highest BCUT2D eigenvalue weighted by Gasteiger charge is 2.33. The van der Waals surface area contributed by atoms with Gasteiger partial charge in [-0.15, -0.1) is 0 Å². The molecule has 0 unspecified atom stereocenters. The summed E-state index contributed by atoms with van der Waals surface area (Å²) in [6.07, 6.45) is 3.56. The number of ketones is 1. The standard InChI is InChI=1S/C15H20N2O2/c1-4-5-6-9-16(2)11-7-8-12-13(10-11)17(3)15(19)14(12)18/h7-8,10H,4-6,9H2,1-3H3. The van der Waals surface area contributed by atoms with Crippen LogP contribution in [0.5, 0.6) is 0 Å². The molecule has 0 aromatic heterocycles. The zero-order valence-corrected chi connectivity index (χ0v) is 11.8. The van der Waals surface area contributed by atoms with Crippen LogP contribution in [0.15, 0.2) is 18.2 Å². The lowest BCUT2D eigenvalue weighted by Gasteiger charge is -2.20. The van der Waals surface area contributed by atoms with E-state index in [1.54, 1.807) is 13.1 Å². The molecule has 0 saturated carbocycles. The van der Waals surface area contributed by atoms with Gasteiger partial charge in [0.25, 0.3) is 11.7 Å². The molecule has 4 nitrogen and oxygen atoms in total. The lowest BCUT2D eigenvalue weighted by Crippen LogP contribution is -2.25. The number of amides is 1. The van der Waals surface area contributed by atoms with Gasteiger partial charge in [-0.2, -0.15) is 0 Å². The number of carbonyl (C=O) groups excluding carboxylic acids is 2. The molecular formula is C15H20N2O2. The number of hydrogen-bond acceptors (Lipinski definition) is 3. The number of Topliss-reactive ketones (excluding diaryl/α,β-unsaturated/α-hetero) is 1. The Morgan fingerprint density at radius 3 is 2.63 bits per heavy atom. The highest BCUT2D eigenvalue weighted by molar-refractivity contribution is 6.52. The van der Waals surface area contributed by atoms with Crippen LogP contribution in [-0.4, -0.2) is 32.3 Å². The predicted octanol–water partition coefficient (Wildman–Crippen LogP) is 2.47. The highest BCUT2D eigenvalue weighted by atomic mass is 16.2. The van der Waals surface area contributed by atoms with Crippen molar-refractivity contribution < 1.29 is 9.59 Å². The Morgan fingerprint density at radius 1 is 1.21 bits per heavy atom. The van der Waals surface area contributed by atoms with E-state index in [4.69, 9.17) is 0 Å². The molecule has 1 aliphatic heterocycles. The quantitative estimate of drug-likeness (QED) is 0.603. The second-order valence-corrected chi connectivity index (χ2v) is 5.02. The van der Waals surface area contributed by atoms with Gasteiger partial charge in [-0.1, -0.05) is 19.8 Å². The Labute approximate surface area is 114 Å². The Bertz CT molecular complexity index is 511. The van der Waals surface area contributed by atoms with Crippen molar-refractivity contribution in [2.75, 3.05) is 30.4 Å². The van der Waals surface area contributed by atoms with Gasteiger partial charge in [0.15, 0.2) is 0 Å². The van der Waals surface area contributed by atoms with Crippen LogP contribution in [0, 0.1) is 0 Å². The van der Waals surface area contributed by atoms with Gasteiger partial charge in [-0.25, -0.2) is 0 Å². The van der Waals surface area contributed by atoms with Gasteiger partial charge < -0.3 is 9.80 Å². The summed E-state index contributed by atoms with van der Waals surface area (Å²) in [5.41, 5.74) is 2.28. The van der Waals surface area contributed by atoms with Crippen LogP contribution in [0.2, 0.25) is 0 Å². The zero-order chi connectivity index (χ0) is 14.0. The van der Waals surface area contributed by atoms with E-state index in [2.05, 4.69) is 11.8 Å². The number of benzene rings is 1. The van der Waals surface area contributed by atoms with Gasteiger partial charge in [0, 0.05) is 26.3 Å². The Hall–Kier alpha value is -1.84. The maximum Gasteiger partial charge on any atom is 0.299 e. The SMILES string of the molecule is CCCCCN(C)c1ccc2c(c1)N(C)C(=O)C2=O. The van der Waals surface area contributed by atoms with Gasteiger partial charge in [0.2, 0.25) is 0 Å². The second-order valence-electron chi connectivity index (χ2n) is 5.02. The van der Waals surface area contributed by atoms with Crippen LogP contribution in [0.1, 0.15) is 36.5 Å². The molecule has 1 aromatic carbocycles. The fourth-order valence-corrected chi connectivity index (χ4v) is 2.33. The topological polar surface area (TPSA) is 40.6 Å². The van der Waals surface area contributed by atoms with E-state index in [-0.39, 0.29) is 0 Å². The minimum Gasteiger partial charge on any atom is -0.375 e. The molecule has 1 aliphatic rings. The summed E-state index contributed by atoms with van der Waals surface area (Å²) in [7, 11) is 3.68. The molecule has 0 atom stereocenters. The Kier molecular flexibility index (Phi) is 3.88. The van der Waals surface area contributed by atoms with Crippen LogP contribution in [0.25, 0.3) is 0 Å². The molecule has 0 radical (unpaired) electrons. The summed E-state index contributed by atoms with van der Waals surface area (Å²) < 4.78 is 0. The third-order valence-electron chi connectivity index (χ3n) is 3.62. The minimum absolute atomic E-state index is 0.405. The van der Waals surface area contributed by atoms with Crippen molar-refractivity contribution in [3.8, 4) is 0 Å². The molecule has 0 bridgehead atoms. The van der Waals surface area contributed by atoms with E-state index >= 15 is 0 Å². The molecular weight excluding hydrogens is 240 g/mol. The molecule has 2 rings (SSSR count). The van der Waals surface area contributed by atoms with E-state index in [1.807, 2.05) is 19.2 Å². The predicted molar refractivity (Wildman–Crippen MR) is 77.0 cm³/mol. The first-order valence-electron chi connectivity index (χ1n) is 6.73. The van der Waals surface area contributed by atoms with Crippen molar-refractivity contribution in [3.05, 3.63) is 23.8 Å². The maximum atomic E-state index is 11.7. The van der Waals surface area contributed by atoms with E-state index in [0.29, 0.717) is 5.56 Å². The van der Waals surface area contributed by atoms with Crippen molar-refractivity contribution in [1.29, 1.82) is 0 Å². The monoisotopic (exact) mass is 260 g/mol. The lowest BCUT2D eigenvalue weighted by atomic mass is 10.1. The first-order valence-corrected chi connectivity index (χ1v) is 6.73. The largest absolute Gasteiger partial charge is 0.375 e.